The Hall–Kier alpha value is -2.69. The Morgan fingerprint density at radius 1 is 0.923 bits per heavy atom. The minimum absolute atomic E-state index is 0.0484. The van der Waals surface area contributed by atoms with E-state index in [0.29, 0.717) is 11.4 Å². The van der Waals surface area contributed by atoms with Crippen LogP contribution in [0.2, 0.25) is 10.3 Å². The van der Waals surface area contributed by atoms with Crippen LogP contribution < -0.4 is 5.32 Å². The third-order valence-electron chi connectivity index (χ3n) is 3.53. The van der Waals surface area contributed by atoms with Crippen LogP contribution in [-0.2, 0) is 0 Å². The lowest BCUT2D eigenvalue weighted by Gasteiger charge is -2.10. The first kappa shape index (κ1) is 18.1. The van der Waals surface area contributed by atoms with Gasteiger partial charge in [0.25, 0.3) is 0 Å². The summed E-state index contributed by atoms with van der Waals surface area (Å²) in [5.41, 5.74) is 1.90. The lowest BCUT2D eigenvalue weighted by Crippen LogP contribution is -2.17. The molecule has 0 saturated heterocycles. The van der Waals surface area contributed by atoms with Crippen LogP contribution in [0.5, 0.6) is 0 Å². The highest BCUT2D eigenvalue weighted by atomic mass is 35.5. The van der Waals surface area contributed by atoms with Gasteiger partial charge in [-0.15, -0.1) is 0 Å². The van der Waals surface area contributed by atoms with Gasteiger partial charge in [0.1, 0.15) is 16.1 Å². The highest BCUT2D eigenvalue weighted by Crippen LogP contribution is 2.20. The molecular formula is C20H15Cl2N3O. The summed E-state index contributed by atoms with van der Waals surface area (Å²) >= 11 is 11.9. The van der Waals surface area contributed by atoms with E-state index >= 15 is 0 Å². The van der Waals surface area contributed by atoms with Crippen LogP contribution in [-0.4, -0.2) is 16.6 Å². The molecule has 2 aromatic carbocycles. The summed E-state index contributed by atoms with van der Waals surface area (Å²) < 4.78 is 0. The normalized spacial score (nSPS) is 11.2. The number of benzene rings is 2. The highest BCUT2D eigenvalue weighted by Gasteiger charge is 2.15. The quantitative estimate of drug-likeness (QED) is 0.262. The number of nitrogens with zero attached hydrogens (tertiary/aromatic N) is 2. The molecule has 3 rings (SSSR count). The van der Waals surface area contributed by atoms with Gasteiger partial charge in [0, 0.05) is 5.69 Å². The van der Waals surface area contributed by atoms with Crippen LogP contribution in [0.4, 0.5) is 11.4 Å². The largest absolute Gasteiger partial charge is 0.343 e. The third kappa shape index (κ3) is 4.91. The first-order chi connectivity index (χ1) is 12.6. The van der Waals surface area contributed by atoms with Gasteiger partial charge in [-0.05, 0) is 36.4 Å². The molecule has 3 aromatic rings. The maximum atomic E-state index is 12.7. The fourth-order valence-corrected chi connectivity index (χ4v) is 2.78. The van der Waals surface area contributed by atoms with Gasteiger partial charge >= 0.3 is 0 Å². The Labute approximate surface area is 161 Å². The molecule has 0 fully saturated rings. The zero-order valence-corrected chi connectivity index (χ0v) is 15.2. The molecule has 6 heteroatoms. The maximum Gasteiger partial charge on any atom is 0.173 e. The van der Waals surface area contributed by atoms with Crippen molar-refractivity contribution in [1.29, 1.82) is 0 Å². The molecule has 0 unspecified atom stereocenters. The number of halogens is 2. The smallest absolute Gasteiger partial charge is 0.173 e. The molecule has 130 valence electrons. The Morgan fingerprint density at radius 2 is 1.58 bits per heavy atom. The van der Waals surface area contributed by atoms with E-state index in [-0.39, 0.29) is 22.5 Å². The zero-order valence-electron chi connectivity index (χ0n) is 13.7. The molecule has 0 bridgehead atoms. The number of anilines is 1. The van der Waals surface area contributed by atoms with Gasteiger partial charge in [0.2, 0.25) is 0 Å². The number of amidine groups is 1. The number of carbonyl (C=O) groups excluding carboxylic acids is 1. The molecule has 1 heterocycles. The second kappa shape index (κ2) is 8.61. The molecule has 4 nitrogen and oxygen atoms in total. The van der Waals surface area contributed by atoms with Crippen molar-refractivity contribution >= 4 is 46.2 Å². The van der Waals surface area contributed by atoms with Crippen molar-refractivity contribution in [2.75, 3.05) is 5.32 Å². The van der Waals surface area contributed by atoms with Crippen molar-refractivity contribution in [1.82, 2.24) is 4.98 Å². The van der Waals surface area contributed by atoms with Gasteiger partial charge in [0.05, 0.1) is 17.7 Å². The van der Waals surface area contributed by atoms with E-state index in [1.54, 1.807) is 12.1 Å². The van der Waals surface area contributed by atoms with E-state index in [9.17, 15) is 4.79 Å². The van der Waals surface area contributed by atoms with Gasteiger partial charge in [-0.1, -0.05) is 59.6 Å². The average Bonchev–Trinajstić information content (AvgIpc) is 2.63. The predicted octanol–water partition coefficient (Wildman–Crippen LogP) is 5.80. The topological polar surface area (TPSA) is 54.4 Å². The number of hydrogen-bond donors (Lipinski definition) is 1. The molecule has 0 saturated carbocycles. The summed E-state index contributed by atoms with van der Waals surface area (Å²) in [6.07, 6.45) is 0.0484. The molecule has 0 aliphatic carbocycles. The molecule has 0 aliphatic rings. The molecule has 0 aliphatic heterocycles. The van der Waals surface area contributed by atoms with Crippen molar-refractivity contribution in [3.05, 3.63) is 88.7 Å². The monoisotopic (exact) mass is 383 g/mol. The molecule has 0 spiro atoms. The van der Waals surface area contributed by atoms with Crippen LogP contribution in [0.3, 0.4) is 0 Å². The number of ketones is 1. The van der Waals surface area contributed by atoms with Gasteiger partial charge in [-0.3, -0.25) is 4.79 Å². The zero-order chi connectivity index (χ0) is 18.4. The number of aliphatic imine (C=N–C) groups is 1. The first-order valence-corrected chi connectivity index (χ1v) is 8.67. The Balaban J connectivity index is 1.87. The Morgan fingerprint density at radius 3 is 2.23 bits per heavy atom. The summed E-state index contributed by atoms with van der Waals surface area (Å²) in [4.78, 5) is 21.2. The Kier molecular flexibility index (Phi) is 6.00. The SMILES string of the molecule is O=C(CC(=Nc1ccccc1)Nc1ccccc1)c1ccc(Cl)nc1Cl. The van der Waals surface area contributed by atoms with Crippen molar-refractivity contribution in [3.63, 3.8) is 0 Å². The van der Waals surface area contributed by atoms with Crippen molar-refractivity contribution in [3.8, 4) is 0 Å². The van der Waals surface area contributed by atoms with E-state index in [0.717, 1.165) is 11.4 Å². The fourth-order valence-electron chi connectivity index (χ4n) is 2.33. The summed E-state index contributed by atoms with van der Waals surface area (Å²) in [6.45, 7) is 0. The molecular weight excluding hydrogens is 369 g/mol. The molecule has 0 atom stereocenters. The lowest BCUT2D eigenvalue weighted by atomic mass is 10.1. The standard InChI is InChI=1S/C20H15Cl2N3O/c21-18-12-11-16(20(22)25-18)17(26)13-19(23-14-7-3-1-4-8-14)24-15-9-5-2-6-10-15/h1-12H,13H2,(H,23,24). The minimum Gasteiger partial charge on any atom is -0.343 e. The van der Waals surface area contributed by atoms with Crippen LogP contribution in [0, 0.1) is 0 Å². The van der Waals surface area contributed by atoms with Gasteiger partial charge in [-0.2, -0.15) is 0 Å². The number of pyridine rings is 1. The third-order valence-corrected chi connectivity index (χ3v) is 4.02. The molecule has 1 aromatic heterocycles. The van der Waals surface area contributed by atoms with Crippen molar-refractivity contribution < 1.29 is 4.79 Å². The van der Waals surface area contributed by atoms with Crippen LogP contribution >= 0.6 is 23.2 Å². The highest BCUT2D eigenvalue weighted by molar-refractivity contribution is 6.35. The van der Waals surface area contributed by atoms with Crippen LogP contribution in [0.25, 0.3) is 0 Å². The first-order valence-electron chi connectivity index (χ1n) is 7.92. The average molecular weight is 384 g/mol. The van der Waals surface area contributed by atoms with Crippen LogP contribution in [0.1, 0.15) is 16.8 Å². The van der Waals surface area contributed by atoms with Crippen LogP contribution in [0.15, 0.2) is 77.8 Å². The molecule has 0 amide bonds. The van der Waals surface area contributed by atoms with E-state index in [4.69, 9.17) is 23.2 Å². The second-order valence-electron chi connectivity index (χ2n) is 5.46. The number of carbonyl (C=O) groups is 1. The number of hydrogen-bond acceptors (Lipinski definition) is 3. The van der Waals surface area contributed by atoms with E-state index < -0.39 is 0 Å². The number of aromatic nitrogens is 1. The molecule has 0 radical (unpaired) electrons. The molecule has 26 heavy (non-hydrogen) atoms. The summed E-state index contributed by atoms with van der Waals surface area (Å²) in [5.74, 6) is 0.315. The summed E-state index contributed by atoms with van der Waals surface area (Å²) in [6, 6.07) is 22.1. The van der Waals surface area contributed by atoms with Gasteiger partial charge in [0.15, 0.2) is 5.78 Å². The number of Topliss-reactive ketones (excluding diaryl/α,β-unsaturated/α-hetero) is 1. The van der Waals surface area contributed by atoms with Crippen molar-refractivity contribution in [2.24, 2.45) is 4.99 Å². The summed E-state index contributed by atoms with van der Waals surface area (Å²) in [5, 5.41) is 3.53. The van der Waals surface area contributed by atoms with E-state index in [2.05, 4.69) is 15.3 Å². The van der Waals surface area contributed by atoms with Gasteiger partial charge < -0.3 is 5.32 Å². The van der Waals surface area contributed by atoms with Crippen molar-refractivity contribution in [2.45, 2.75) is 6.42 Å². The number of para-hydroxylation sites is 2. The maximum absolute atomic E-state index is 12.7. The minimum atomic E-state index is -0.197. The second-order valence-corrected chi connectivity index (χ2v) is 6.20. The van der Waals surface area contributed by atoms with Gasteiger partial charge in [-0.25, -0.2) is 9.98 Å². The molecule has 1 N–H and O–H groups in total. The number of rotatable bonds is 5. The van der Waals surface area contributed by atoms with E-state index in [1.807, 2.05) is 60.7 Å². The lowest BCUT2D eigenvalue weighted by molar-refractivity contribution is 0.100. The summed E-state index contributed by atoms with van der Waals surface area (Å²) in [7, 11) is 0. The predicted molar refractivity (Wildman–Crippen MR) is 107 cm³/mol. The Bertz CT molecular complexity index is 928. The number of nitrogens with one attached hydrogen (secondary N) is 1. The fraction of sp³-hybridized carbons (Fsp3) is 0.0500. The van der Waals surface area contributed by atoms with E-state index in [1.165, 1.54) is 0 Å².